The molecule has 0 aromatic carbocycles. The Bertz CT molecular complexity index is 426. The van der Waals surface area contributed by atoms with Gasteiger partial charge in [-0.05, 0) is 20.3 Å². The third-order valence-electron chi connectivity index (χ3n) is 2.42. The summed E-state index contributed by atoms with van der Waals surface area (Å²) in [6.45, 7) is 5.91. The maximum atomic E-state index is 11.9. The van der Waals surface area contributed by atoms with Gasteiger partial charge in [-0.2, -0.15) is 0 Å². The van der Waals surface area contributed by atoms with Crippen molar-refractivity contribution >= 4 is 11.9 Å². The Hall–Kier alpha value is -1.85. The number of hydrogen-bond acceptors (Lipinski definition) is 5. The molecule has 0 aliphatic rings. The average molecular weight is 254 g/mol. The molecular weight excluding hydrogens is 236 g/mol. The molecule has 1 aromatic heterocycles. The van der Waals surface area contributed by atoms with Crippen LogP contribution in [0.1, 0.15) is 42.1 Å². The quantitative estimate of drug-likeness (QED) is 0.772. The molecule has 0 spiro atoms. The van der Waals surface area contributed by atoms with E-state index in [9.17, 15) is 9.59 Å². The van der Waals surface area contributed by atoms with Crippen LogP contribution in [0.5, 0.6) is 0 Å². The van der Waals surface area contributed by atoms with E-state index in [-0.39, 0.29) is 24.8 Å². The van der Waals surface area contributed by atoms with Gasteiger partial charge in [0.05, 0.1) is 18.7 Å². The third kappa shape index (κ3) is 3.58. The number of aryl methyl sites for hydroxylation is 2. The lowest BCUT2D eigenvalue weighted by Crippen LogP contribution is -2.27. The van der Waals surface area contributed by atoms with Crippen LogP contribution < -0.4 is 5.32 Å². The zero-order valence-corrected chi connectivity index (χ0v) is 10.9. The first-order valence-electron chi connectivity index (χ1n) is 5.99. The highest BCUT2D eigenvalue weighted by Crippen LogP contribution is 2.13. The van der Waals surface area contributed by atoms with Crippen LogP contribution in [0.25, 0.3) is 0 Å². The van der Waals surface area contributed by atoms with Crippen LogP contribution in [0.3, 0.4) is 0 Å². The highest BCUT2D eigenvalue weighted by molar-refractivity contribution is 5.96. The van der Waals surface area contributed by atoms with E-state index in [1.807, 2.05) is 6.92 Å². The van der Waals surface area contributed by atoms with E-state index < -0.39 is 0 Å². The van der Waals surface area contributed by atoms with Crippen molar-refractivity contribution in [1.82, 2.24) is 10.5 Å². The average Bonchev–Trinajstić information content (AvgIpc) is 2.70. The van der Waals surface area contributed by atoms with Gasteiger partial charge in [-0.1, -0.05) is 12.1 Å². The summed E-state index contributed by atoms with van der Waals surface area (Å²) in [6.07, 6.45) is 0.781. The maximum Gasteiger partial charge on any atom is 0.307 e. The zero-order chi connectivity index (χ0) is 13.5. The molecule has 1 heterocycles. The SMILES string of the molecule is CCOC(=O)CCNC(=O)c1c(CC)noc1C. The van der Waals surface area contributed by atoms with Crippen molar-refractivity contribution in [2.75, 3.05) is 13.2 Å². The van der Waals surface area contributed by atoms with E-state index in [1.165, 1.54) is 0 Å². The van der Waals surface area contributed by atoms with Gasteiger partial charge in [0.25, 0.3) is 5.91 Å². The van der Waals surface area contributed by atoms with Crippen LogP contribution in [0.15, 0.2) is 4.52 Å². The fourth-order valence-electron chi connectivity index (χ4n) is 1.55. The minimum atomic E-state index is -0.324. The molecule has 0 unspecified atom stereocenters. The second-order valence-corrected chi connectivity index (χ2v) is 3.72. The number of aromatic nitrogens is 1. The molecule has 0 bridgehead atoms. The summed E-state index contributed by atoms with van der Waals surface area (Å²) in [5.41, 5.74) is 1.09. The van der Waals surface area contributed by atoms with Gasteiger partial charge in [-0.25, -0.2) is 0 Å². The summed E-state index contributed by atoms with van der Waals surface area (Å²) in [7, 11) is 0. The Morgan fingerprint density at radius 3 is 2.72 bits per heavy atom. The predicted octanol–water partition coefficient (Wildman–Crippen LogP) is 1.23. The van der Waals surface area contributed by atoms with Gasteiger partial charge in [0.15, 0.2) is 0 Å². The Kier molecular flexibility index (Phi) is 5.35. The molecule has 1 aromatic rings. The molecule has 0 aliphatic heterocycles. The van der Waals surface area contributed by atoms with E-state index in [0.29, 0.717) is 30.0 Å². The number of amides is 1. The fourth-order valence-corrected chi connectivity index (χ4v) is 1.55. The van der Waals surface area contributed by atoms with Crippen molar-refractivity contribution in [2.24, 2.45) is 0 Å². The second kappa shape index (κ2) is 6.78. The van der Waals surface area contributed by atoms with Crippen molar-refractivity contribution in [2.45, 2.75) is 33.6 Å². The topological polar surface area (TPSA) is 81.4 Å². The molecule has 18 heavy (non-hydrogen) atoms. The minimum Gasteiger partial charge on any atom is -0.466 e. The first-order chi connectivity index (χ1) is 8.60. The zero-order valence-electron chi connectivity index (χ0n) is 10.9. The van der Waals surface area contributed by atoms with Crippen LogP contribution in [0.2, 0.25) is 0 Å². The van der Waals surface area contributed by atoms with E-state index in [1.54, 1.807) is 13.8 Å². The molecule has 0 fully saturated rings. The van der Waals surface area contributed by atoms with Crippen molar-refractivity contribution in [3.63, 3.8) is 0 Å². The van der Waals surface area contributed by atoms with Crippen LogP contribution in [0, 0.1) is 6.92 Å². The van der Waals surface area contributed by atoms with Crippen LogP contribution >= 0.6 is 0 Å². The molecular formula is C12H18N2O4. The van der Waals surface area contributed by atoms with Gasteiger partial charge in [0.1, 0.15) is 11.3 Å². The Labute approximate surface area is 106 Å². The van der Waals surface area contributed by atoms with Gasteiger partial charge in [-0.3, -0.25) is 9.59 Å². The Morgan fingerprint density at radius 2 is 2.11 bits per heavy atom. The predicted molar refractivity (Wildman–Crippen MR) is 64.2 cm³/mol. The molecule has 0 saturated heterocycles. The van der Waals surface area contributed by atoms with Gasteiger partial charge in [0, 0.05) is 6.54 Å². The summed E-state index contributed by atoms with van der Waals surface area (Å²) in [6, 6.07) is 0. The number of hydrogen-bond donors (Lipinski definition) is 1. The lowest BCUT2D eigenvalue weighted by atomic mass is 10.1. The lowest BCUT2D eigenvalue weighted by Gasteiger charge is -2.05. The number of esters is 1. The number of carbonyl (C=O) groups is 2. The van der Waals surface area contributed by atoms with Crippen LogP contribution in [-0.4, -0.2) is 30.2 Å². The normalized spacial score (nSPS) is 10.2. The molecule has 0 radical (unpaired) electrons. The highest BCUT2D eigenvalue weighted by atomic mass is 16.5. The highest BCUT2D eigenvalue weighted by Gasteiger charge is 2.18. The number of ether oxygens (including phenoxy) is 1. The molecule has 0 atom stereocenters. The van der Waals surface area contributed by atoms with E-state index in [0.717, 1.165) is 0 Å². The standard InChI is InChI=1S/C12H18N2O4/c1-4-9-11(8(3)18-14-9)12(16)13-7-6-10(15)17-5-2/h4-7H2,1-3H3,(H,13,16). The van der Waals surface area contributed by atoms with Crippen molar-refractivity contribution in [1.29, 1.82) is 0 Å². The Balaban J connectivity index is 2.50. The molecule has 0 saturated carbocycles. The largest absolute Gasteiger partial charge is 0.466 e. The fraction of sp³-hybridized carbons (Fsp3) is 0.583. The first-order valence-corrected chi connectivity index (χ1v) is 5.99. The summed E-state index contributed by atoms with van der Waals surface area (Å²) in [5.74, 6) is -0.106. The van der Waals surface area contributed by atoms with Gasteiger partial charge >= 0.3 is 5.97 Å². The smallest absolute Gasteiger partial charge is 0.307 e. The van der Waals surface area contributed by atoms with E-state index >= 15 is 0 Å². The molecule has 1 N–H and O–H groups in total. The number of nitrogens with one attached hydrogen (secondary N) is 1. The molecule has 0 aliphatic carbocycles. The van der Waals surface area contributed by atoms with Crippen LogP contribution in [-0.2, 0) is 16.0 Å². The van der Waals surface area contributed by atoms with Crippen LogP contribution in [0.4, 0.5) is 0 Å². The first kappa shape index (κ1) is 14.2. The molecule has 6 nitrogen and oxygen atoms in total. The monoisotopic (exact) mass is 254 g/mol. The molecule has 100 valence electrons. The summed E-state index contributed by atoms with van der Waals surface area (Å²) < 4.78 is 9.73. The summed E-state index contributed by atoms with van der Waals surface area (Å²) in [5, 5.41) is 6.45. The van der Waals surface area contributed by atoms with Crippen molar-refractivity contribution < 1.29 is 18.8 Å². The third-order valence-corrected chi connectivity index (χ3v) is 2.42. The molecule has 1 rings (SSSR count). The number of carbonyl (C=O) groups excluding carboxylic acids is 2. The van der Waals surface area contributed by atoms with Crippen molar-refractivity contribution in [3.05, 3.63) is 17.0 Å². The van der Waals surface area contributed by atoms with Crippen molar-refractivity contribution in [3.8, 4) is 0 Å². The summed E-state index contributed by atoms with van der Waals surface area (Å²) >= 11 is 0. The number of rotatable bonds is 6. The van der Waals surface area contributed by atoms with E-state index in [2.05, 4.69) is 10.5 Å². The van der Waals surface area contributed by atoms with Gasteiger partial charge in [0.2, 0.25) is 0 Å². The number of nitrogens with zero attached hydrogens (tertiary/aromatic N) is 1. The van der Waals surface area contributed by atoms with E-state index in [4.69, 9.17) is 9.26 Å². The van der Waals surface area contributed by atoms with Gasteiger partial charge < -0.3 is 14.6 Å². The summed E-state index contributed by atoms with van der Waals surface area (Å²) in [4.78, 5) is 23.0. The molecule has 1 amide bonds. The Morgan fingerprint density at radius 1 is 1.39 bits per heavy atom. The molecule has 6 heteroatoms. The minimum absolute atomic E-state index is 0.158. The second-order valence-electron chi connectivity index (χ2n) is 3.72. The lowest BCUT2D eigenvalue weighted by molar-refractivity contribution is -0.142. The maximum absolute atomic E-state index is 11.9. The van der Waals surface area contributed by atoms with Gasteiger partial charge in [-0.15, -0.1) is 0 Å².